The summed E-state index contributed by atoms with van der Waals surface area (Å²) in [5, 5.41) is 0. The predicted molar refractivity (Wildman–Crippen MR) is 64.1 cm³/mol. The zero-order valence-corrected chi connectivity index (χ0v) is 9.48. The molecule has 0 aliphatic heterocycles. The molecular weight excluding hydrogens is 225 g/mol. The maximum absolute atomic E-state index is 13.5. The Morgan fingerprint density at radius 3 is 2.69 bits per heavy atom. The zero-order valence-electron chi connectivity index (χ0n) is 8.66. The van der Waals surface area contributed by atoms with Gasteiger partial charge in [-0.25, -0.2) is 4.39 Å². The van der Waals surface area contributed by atoms with Crippen LogP contribution in [0, 0.1) is 5.82 Å². The number of ketones is 1. The molecule has 0 saturated heterocycles. The van der Waals surface area contributed by atoms with Gasteiger partial charge in [0.15, 0.2) is 5.78 Å². The Kier molecular flexibility index (Phi) is 2.75. The van der Waals surface area contributed by atoms with Crippen molar-refractivity contribution >= 4 is 22.8 Å². The molecule has 4 heteroatoms. The van der Waals surface area contributed by atoms with Crippen molar-refractivity contribution in [2.45, 2.75) is 6.92 Å². The van der Waals surface area contributed by atoms with Crippen molar-refractivity contribution in [3.8, 4) is 10.4 Å². The van der Waals surface area contributed by atoms with E-state index in [1.165, 1.54) is 30.4 Å². The monoisotopic (exact) mass is 235 g/mol. The third-order valence-electron chi connectivity index (χ3n) is 2.21. The maximum atomic E-state index is 13.5. The van der Waals surface area contributed by atoms with E-state index in [1.807, 2.05) is 0 Å². The average molecular weight is 235 g/mol. The molecule has 0 bridgehead atoms. The molecule has 82 valence electrons. The number of carbonyl (C=O) groups is 1. The second-order valence-corrected chi connectivity index (χ2v) is 4.54. The van der Waals surface area contributed by atoms with Crippen LogP contribution in [0.25, 0.3) is 10.4 Å². The van der Waals surface area contributed by atoms with Gasteiger partial charge in [0.1, 0.15) is 5.82 Å². The fourth-order valence-electron chi connectivity index (χ4n) is 1.40. The van der Waals surface area contributed by atoms with Crippen LogP contribution < -0.4 is 5.73 Å². The van der Waals surface area contributed by atoms with E-state index in [2.05, 4.69) is 0 Å². The zero-order chi connectivity index (χ0) is 11.7. The Bertz CT molecular complexity index is 548. The molecule has 0 amide bonds. The molecule has 2 aromatic rings. The van der Waals surface area contributed by atoms with Gasteiger partial charge < -0.3 is 5.73 Å². The number of hydrogen-bond donors (Lipinski definition) is 1. The number of nitrogens with two attached hydrogens (primary N) is 1. The van der Waals surface area contributed by atoms with Gasteiger partial charge in [-0.2, -0.15) is 0 Å². The van der Waals surface area contributed by atoms with E-state index in [-0.39, 0.29) is 11.6 Å². The number of nitrogen functional groups attached to an aromatic ring is 1. The Morgan fingerprint density at radius 2 is 2.06 bits per heavy atom. The van der Waals surface area contributed by atoms with E-state index in [0.717, 1.165) is 4.88 Å². The van der Waals surface area contributed by atoms with Gasteiger partial charge in [-0.1, -0.05) is 0 Å². The molecular formula is C12H10FNOS. The van der Waals surface area contributed by atoms with Gasteiger partial charge in [-0.15, -0.1) is 11.3 Å². The number of thiophene rings is 1. The highest BCUT2D eigenvalue weighted by molar-refractivity contribution is 7.17. The van der Waals surface area contributed by atoms with Crippen molar-refractivity contribution in [3.63, 3.8) is 0 Å². The van der Waals surface area contributed by atoms with Crippen LogP contribution in [0.3, 0.4) is 0 Å². The molecule has 0 atom stereocenters. The van der Waals surface area contributed by atoms with Crippen molar-refractivity contribution in [1.29, 1.82) is 0 Å². The highest BCUT2D eigenvalue weighted by Crippen LogP contribution is 2.31. The summed E-state index contributed by atoms with van der Waals surface area (Å²) in [5.41, 5.74) is 6.55. The second-order valence-electron chi connectivity index (χ2n) is 3.46. The quantitative estimate of drug-likeness (QED) is 0.640. The Morgan fingerprint density at radius 1 is 1.31 bits per heavy atom. The summed E-state index contributed by atoms with van der Waals surface area (Å²) in [7, 11) is 0. The molecule has 2 N–H and O–H groups in total. The molecule has 2 rings (SSSR count). The van der Waals surface area contributed by atoms with Gasteiger partial charge in [0, 0.05) is 16.1 Å². The SMILES string of the molecule is CC(=O)c1ccc(-c2cc(N)ccc2F)s1. The van der Waals surface area contributed by atoms with E-state index < -0.39 is 0 Å². The first kappa shape index (κ1) is 10.8. The van der Waals surface area contributed by atoms with Crippen LogP contribution in [-0.2, 0) is 0 Å². The Balaban J connectivity index is 2.50. The maximum Gasteiger partial charge on any atom is 0.169 e. The van der Waals surface area contributed by atoms with Gasteiger partial charge >= 0.3 is 0 Å². The number of Topliss-reactive ketones (excluding diaryl/α,β-unsaturated/α-hetero) is 1. The Labute approximate surface area is 96.5 Å². The first-order chi connectivity index (χ1) is 7.58. The number of rotatable bonds is 2. The van der Waals surface area contributed by atoms with Crippen molar-refractivity contribution in [1.82, 2.24) is 0 Å². The minimum absolute atomic E-state index is 0.0134. The van der Waals surface area contributed by atoms with Crippen LogP contribution in [0.4, 0.5) is 10.1 Å². The van der Waals surface area contributed by atoms with Crippen LogP contribution in [0.1, 0.15) is 16.6 Å². The highest BCUT2D eigenvalue weighted by Gasteiger charge is 2.10. The number of anilines is 1. The van der Waals surface area contributed by atoms with E-state index in [1.54, 1.807) is 18.2 Å². The second kappa shape index (κ2) is 4.06. The van der Waals surface area contributed by atoms with Gasteiger partial charge in [0.25, 0.3) is 0 Å². The fraction of sp³-hybridized carbons (Fsp3) is 0.0833. The van der Waals surface area contributed by atoms with Crippen molar-refractivity contribution in [2.24, 2.45) is 0 Å². The lowest BCUT2D eigenvalue weighted by Gasteiger charge is -2.01. The van der Waals surface area contributed by atoms with Crippen molar-refractivity contribution < 1.29 is 9.18 Å². The molecule has 0 aliphatic rings. The smallest absolute Gasteiger partial charge is 0.169 e. The molecule has 2 nitrogen and oxygen atoms in total. The first-order valence-electron chi connectivity index (χ1n) is 4.74. The number of carbonyl (C=O) groups excluding carboxylic acids is 1. The van der Waals surface area contributed by atoms with Crippen LogP contribution in [-0.4, -0.2) is 5.78 Å². The van der Waals surface area contributed by atoms with Gasteiger partial charge in [-0.3, -0.25) is 4.79 Å². The van der Waals surface area contributed by atoms with Gasteiger partial charge in [-0.05, 0) is 37.3 Å². The van der Waals surface area contributed by atoms with Crippen LogP contribution in [0.5, 0.6) is 0 Å². The molecule has 0 saturated carbocycles. The first-order valence-corrected chi connectivity index (χ1v) is 5.56. The third kappa shape index (κ3) is 1.97. The lowest BCUT2D eigenvalue weighted by molar-refractivity contribution is 0.102. The summed E-state index contributed by atoms with van der Waals surface area (Å²) in [4.78, 5) is 12.5. The third-order valence-corrected chi connectivity index (χ3v) is 3.43. The van der Waals surface area contributed by atoms with Crippen LogP contribution in [0.15, 0.2) is 30.3 Å². The summed E-state index contributed by atoms with van der Waals surface area (Å²) in [5.74, 6) is -0.341. The summed E-state index contributed by atoms with van der Waals surface area (Å²) < 4.78 is 13.5. The van der Waals surface area contributed by atoms with Gasteiger partial charge in [0.05, 0.1) is 4.88 Å². The molecule has 0 unspecified atom stereocenters. The number of halogens is 1. The molecule has 0 radical (unpaired) electrons. The van der Waals surface area contributed by atoms with Crippen molar-refractivity contribution in [2.75, 3.05) is 5.73 Å². The lowest BCUT2D eigenvalue weighted by Crippen LogP contribution is -1.88. The minimum Gasteiger partial charge on any atom is -0.399 e. The molecule has 0 fully saturated rings. The summed E-state index contributed by atoms with van der Waals surface area (Å²) >= 11 is 1.27. The summed E-state index contributed by atoms with van der Waals surface area (Å²) in [6.45, 7) is 1.49. The number of benzene rings is 1. The molecule has 0 aliphatic carbocycles. The number of hydrogen-bond acceptors (Lipinski definition) is 3. The standard InChI is InChI=1S/C12H10FNOS/c1-7(15)11-4-5-12(16-11)9-6-8(14)2-3-10(9)13/h2-6H,14H2,1H3. The fourth-order valence-corrected chi connectivity index (χ4v) is 2.32. The molecule has 0 spiro atoms. The van der Waals surface area contributed by atoms with E-state index in [9.17, 15) is 9.18 Å². The Hall–Kier alpha value is -1.68. The lowest BCUT2D eigenvalue weighted by atomic mass is 10.1. The predicted octanol–water partition coefficient (Wildman–Crippen LogP) is 3.34. The van der Waals surface area contributed by atoms with Crippen LogP contribution in [0.2, 0.25) is 0 Å². The summed E-state index contributed by atoms with van der Waals surface area (Å²) in [6.07, 6.45) is 0. The van der Waals surface area contributed by atoms with Gasteiger partial charge in [0.2, 0.25) is 0 Å². The van der Waals surface area contributed by atoms with E-state index in [4.69, 9.17) is 5.73 Å². The summed E-state index contributed by atoms with van der Waals surface area (Å²) in [6, 6.07) is 7.85. The molecule has 16 heavy (non-hydrogen) atoms. The topological polar surface area (TPSA) is 43.1 Å². The largest absolute Gasteiger partial charge is 0.399 e. The highest BCUT2D eigenvalue weighted by atomic mass is 32.1. The van der Waals surface area contributed by atoms with Crippen molar-refractivity contribution in [3.05, 3.63) is 41.0 Å². The molecule has 1 heterocycles. The molecule has 1 aromatic heterocycles. The molecule has 1 aromatic carbocycles. The van der Waals surface area contributed by atoms with E-state index in [0.29, 0.717) is 16.1 Å². The average Bonchev–Trinajstić information content (AvgIpc) is 2.70. The van der Waals surface area contributed by atoms with Crippen LogP contribution >= 0.6 is 11.3 Å². The van der Waals surface area contributed by atoms with E-state index >= 15 is 0 Å². The minimum atomic E-state index is -0.328. The normalized spacial score (nSPS) is 10.4.